The predicted molar refractivity (Wildman–Crippen MR) is 76.6 cm³/mol. The van der Waals surface area contributed by atoms with Crippen LogP contribution in [0.3, 0.4) is 0 Å². The lowest BCUT2D eigenvalue weighted by Crippen LogP contribution is -2.28. The molecule has 3 rings (SSSR count). The molecular weight excluding hydrogens is 299 g/mol. The number of nitrogens with zero attached hydrogens (tertiary/aromatic N) is 2. The van der Waals surface area contributed by atoms with E-state index in [4.69, 9.17) is 23.2 Å². The van der Waals surface area contributed by atoms with Crippen LogP contribution in [-0.2, 0) is 16.1 Å². The summed E-state index contributed by atoms with van der Waals surface area (Å²) in [5.41, 5.74) is 1.34. The maximum Gasteiger partial charge on any atom is 0.230 e. The van der Waals surface area contributed by atoms with E-state index in [0.717, 1.165) is 5.39 Å². The molecule has 0 atom stereocenters. The molecule has 1 fully saturated rings. The Kier molecular flexibility index (Phi) is 3.36. The molecule has 0 unspecified atom stereocenters. The molecule has 1 aliphatic heterocycles. The second-order valence-electron chi connectivity index (χ2n) is 4.64. The van der Waals surface area contributed by atoms with Crippen molar-refractivity contribution < 1.29 is 9.59 Å². The van der Waals surface area contributed by atoms with Gasteiger partial charge < -0.3 is 0 Å². The molecule has 0 radical (unpaired) electrons. The molecule has 0 aliphatic carbocycles. The van der Waals surface area contributed by atoms with Gasteiger partial charge >= 0.3 is 0 Å². The van der Waals surface area contributed by atoms with Crippen molar-refractivity contribution in [2.24, 2.45) is 0 Å². The molecule has 1 aromatic heterocycles. The number of hydrogen-bond donors (Lipinski definition) is 0. The number of imide groups is 1. The molecule has 102 valence electrons. The first-order valence-electron chi connectivity index (χ1n) is 6.12. The lowest BCUT2D eigenvalue weighted by Gasteiger charge is -2.13. The lowest BCUT2D eigenvalue weighted by molar-refractivity contribution is -0.139. The fraction of sp³-hybridized carbons (Fsp3) is 0.214. The van der Waals surface area contributed by atoms with Crippen molar-refractivity contribution in [3.63, 3.8) is 0 Å². The van der Waals surface area contributed by atoms with E-state index >= 15 is 0 Å². The molecule has 20 heavy (non-hydrogen) atoms. The quantitative estimate of drug-likeness (QED) is 0.801. The summed E-state index contributed by atoms with van der Waals surface area (Å²) in [6, 6.07) is 7.05. The van der Waals surface area contributed by atoms with Gasteiger partial charge in [0.25, 0.3) is 0 Å². The number of carbonyl (C=O) groups is 2. The average molecular weight is 309 g/mol. The van der Waals surface area contributed by atoms with Gasteiger partial charge in [0.2, 0.25) is 11.8 Å². The molecule has 4 nitrogen and oxygen atoms in total. The number of fused-ring (bicyclic) bond motifs is 1. The maximum atomic E-state index is 11.6. The predicted octanol–water partition coefficient (Wildman–Crippen LogP) is 3.19. The molecule has 0 bridgehead atoms. The third-order valence-corrected chi connectivity index (χ3v) is 3.99. The monoisotopic (exact) mass is 308 g/mol. The van der Waals surface area contributed by atoms with Crippen molar-refractivity contribution >= 4 is 45.9 Å². The van der Waals surface area contributed by atoms with Gasteiger partial charge in [-0.3, -0.25) is 19.5 Å². The second-order valence-corrected chi connectivity index (χ2v) is 5.45. The molecule has 1 saturated heterocycles. The van der Waals surface area contributed by atoms with Gasteiger partial charge in [0.05, 0.1) is 27.8 Å². The number of carbonyl (C=O) groups excluding carboxylic acids is 2. The highest BCUT2D eigenvalue weighted by atomic mass is 35.5. The summed E-state index contributed by atoms with van der Waals surface area (Å²) >= 11 is 11.9. The summed E-state index contributed by atoms with van der Waals surface area (Å²) in [5, 5.41) is 1.76. The Morgan fingerprint density at radius 1 is 1.05 bits per heavy atom. The first-order chi connectivity index (χ1) is 9.54. The van der Waals surface area contributed by atoms with Gasteiger partial charge in [0.15, 0.2) is 0 Å². The third kappa shape index (κ3) is 2.37. The molecule has 0 saturated carbocycles. The van der Waals surface area contributed by atoms with Crippen molar-refractivity contribution in [1.29, 1.82) is 0 Å². The van der Waals surface area contributed by atoms with Gasteiger partial charge in [-0.2, -0.15) is 0 Å². The largest absolute Gasteiger partial charge is 0.277 e. The Bertz CT molecular complexity index is 714. The number of amides is 2. The molecule has 0 spiro atoms. The standard InChI is InChI=1S/C14H10Cl2N2O2/c15-10-5-8-1-2-9(17-12(8)6-11(10)16)7-18-13(19)3-4-14(18)20/h1-2,5-6H,3-4,7H2. The van der Waals surface area contributed by atoms with Crippen LogP contribution in [0.15, 0.2) is 24.3 Å². The highest BCUT2D eigenvalue weighted by Crippen LogP contribution is 2.27. The molecule has 2 aromatic rings. The molecule has 0 N–H and O–H groups in total. The second kappa shape index (κ2) is 5.04. The Morgan fingerprint density at radius 3 is 2.40 bits per heavy atom. The molecule has 2 heterocycles. The van der Waals surface area contributed by atoms with Crippen LogP contribution in [0.4, 0.5) is 0 Å². The van der Waals surface area contributed by atoms with Crippen molar-refractivity contribution in [3.05, 3.63) is 40.0 Å². The van der Waals surface area contributed by atoms with Crippen molar-refractivity contribution in [3.8, 4) is 0 Å². The number of aromatic nitrogens is 1. The van der Waals surface area contributed by atoms with E-state index in [-0.39, 0.29) is 31.2 Å². The third-order valence-electron chi connectivity index (χ3n) is 3.26. The summed E-state index contributed by atoms with van der Waals surface area (Å²) in [5.74, 6) is -0.294. The zero-order valence-electron chi connectivity index (χ0n) is 10.4. The summed E-state index contributed by atoms with van der Waals surface area (Å²) in [6.45, 7) is 0.202. The maximum absolute atomic E-state index is 11.6. The summed E-state index contributed by atoms with van der Waals surface area (Å²) in [7, 11) is 0. The Hall–Kier alpha value is -1.65. The normalized spacial score (nSPS) is 15.4. The molecule has 1 aliphatic rings. The topological polar surface area (TPSA) is 50.3 Å². The van der Waals surface area contributed by atoms with Gasteiger partial charge in [0.1, 0.15) is 0 Å². The van der Waals surface area contributed by atoms with Crippen LogP contribution in [0, 0.1) is 0 Å². The Balaban J connectivity index is 1.95. The minimum atomic E-state index is -0.147. The minimum Gasteiger partial charge on any atom is -0.277 e. The van der Waals surface area contributed by atoms with Crippen LogP contribution in [0.2, 0.25) is 10.0 Å². The van der Waals surface area contributed by atoms with E-state index in [9.17, 15) is 9.59 Å². The number of halogens is 2. The summed E-state index contributed by atoms with van der Waals surface area (Å²) < 4.78 is 0. The van der Waals surface area contributed by atoms with Crippen LogP contribution < -0.4 is 0 Å². The van der Waals surface area contributed by atoms with Gasteiger partial charge in [-0.1, -0.05) is 29.3 Å². The summed E-state index contributed by atoms with van der Waals surface area (Å²) in [4.78, 5) is 28.8. The van der Waals surface area contributed by atoms with Crippen LogP contribution in [0.25, 0.3) is 10.9 Å². The van der Waals surface area contributed by atoms with E-state index in [2.05, 4.69) is 4.98 Å². The van der Waals surface area contributed by atoms with Gasteiger partial charge in [0, 0.05) is 18.2 Å². The number of rotatable bonds is 2. The Labute approximate surface area is 125 Å². The van der Waals surface area contributed by atoms with Gasteiger partial charge in [-0.15, -0.1) is 0 Å². The fourth-order valence-corrected chi connectivity index (χ4v) is 2.54. The minimum absolute atomic E-state index is 0.147. The van der Waals surface area contributed by atoms with Crippen LogP contribution in [-0.4, -0.2) is 21.7 Å². The van der Waals surface area contributed by atoms with E-state index in [0.29, 0.717) is 21.3 Å². The van der Waals surface area contributed by atoms with Crippen molar-refractivity contribution in [2.45, 2.75) is 19.4 Å². The number of benzene rings is 1. The fourth-order valence-electron chi connectivity index (χ4n) is 2.21. The SMILES string of the molecule is O=C1CCC(=O)N1Cc1ccc2cc(Cl)c(Cl)cc2n1. The average Bonchev–Trinajstić information content (AvgIpc) is 2.72. The smallest absolute Gasteiger partial charge is 0.230 e. The van der Waals surface area contributed by atoms with E-state index in [1.54, 1.807) is 18.2 Å². The number of hydrogen-bond acceptors (Lipinski definition) is 3. The molecule has 6 heteroatoms. The van der Waals surface area contributed by atoms with E-state index in [1.807, 2.05) is 6.07 Å². The van der Waals surface area contributed by atoms with Crippen LogP contribution in [0.5, 0.6) is 0 Å². The first kappa shape index (κ1) is 13.3. The van der Waals surface area contributed by atoms with Crippen LogP contribution >= 0.6 is 23.2 Å². The summed E-state index contributed by atoms with van der Waals surface area (Å²) in [6.07, 6.45) is 0.571. The van der Waals surface area contributed by atoms with E-state index in [1.165, 1.54) is 4.90 Å². The lowest BCUT2D eigenvalue weighted by atomic mass is 10.2. The van der Waals surface area contributed by atoms with Gasteiger partial charge in [-0.05, 0) is 18.2 Å². The Morgan fingerprint density at radius 2 is 1.70 bits per heavy atom. The highest BCUT2D eigenvalue weighted by molar-refractivity contribution is 6.42. The number of pyridine rings is 1. The van der Waals surface area contributed by atoms with Crippen LogP contribution in [0.1, 0.15) is 18.5 Å². The zero-order valence-corrected chi connectivity index (χ0v) is 11.9. The first-order valence-corrected chi connectivity index (χ1v) is 6.88. The van der Waals surface area contributed by atoms with Crippen molar-refractivity contribution in [2.75, 3.05) is 0 Å². The molecule has 2 amide bonds. The highest BCUT2D eigenvalue weighted by Gasteiger charge is 2.29. The zero-order chi connectivity index (χ0) is 14.3. The van der Waals surface area contributed by atoms with Crippen molar-refractivity contribution in [1.82, 2.24) is 9.88 Å². The molecule has 1 aromatic carbocycles. The number of likely N-dealkylation sites (tertiary alicyclic amines) is 1. The molecular formula is C14H10Cl2N2O2. The van der Waals surface area contributed by atoms with E-state index < -0.39 is 0 Å². The van der Waals surface area contributed by atoms with Gasteiger partial charge in [-0.25, -0.2) is 0 Å².